The molecule has 0 atom stereocenters. The second-order valence-corrected chi connectivity index (χ2v) is 10.5. The fraction of sp³-hybridized carbons (Fsp3) is 0.0667. The summed E-state index contributed by atoms with van der Waals surface area (Å²) in [6, 6.07) is 22.8. The normalized spacial score (nSPS) is 11.6. The van der Waals surface area contributed by atoms with Gasteiger partial charge in [-0.1, -0.05) is 35.9 Å². The van der Waals surface area contributed by atoms with Crippen molar-refractivity contribution in [1.29, 1.82) is 0 Å². The fourth-order valence-corrected chi connectivity index (χ4v) is 4.79. The number of para-hydroxylation sites is 1. The molecular weight excluding hydrogens is 684 g/mol. The number of anilines is 1. The van der Waals surface area contributed by atoms with Gasteiger partial charge in [0.1, 0.15) is 5.75 Å². The Bertz CT molecular complexity index is 1880. The van der Waals surface area contributed by atoms with E-state index in [4.69, 9.17) is 16.3 Å². The van der Waals surface area contributed by atoms with Crippen LogP contribution in [0, 0.1) is 3.57 Å². The minimum Gasteiger partial charge on any atom is -0.483 e. The van der Waals surface area contributed by atoms with Crippen LogP contribution in [0.4, 0.5) is 18.9 Å². The van der Waals surface area contributed by atoms with Crippen molar-refractivity contribution in [1.82, 2.24) is 9.66 Å². The number of amides is 1. The topological polar surface area (TPSA) is 85.6 Å². The third kappa shape index (κ3) is 6.80. The van der Waals surface area contributed by atoms with E-state index in [0.717, 1.165) is 16.8 Å². The van der Waals surface area contributed by atoms with Crippen LogP contribution in [-0.4, -0.2) is 28.4 Å². The third-order valence-corrected chi connectivity index (χ3v) is 7.06. The first kappa shape index (κ1) is 29.3. The lowest BCUT2D eigenvalue weighted by atomic mass is 10.1. The molecule has 12 heteroatoms. The maximum Gasteiger partial charge on any atom is 0.416 e. The summed E-state index contributed by atoms with van der Waals surface area (Å²) in [7, 11) is 0. The SMILES string of the molecule is O=C(COc1ccc(C=Nn2c(-c3cccc(C(F)(F)F)c3)nc3ccccc3c2=O)cc1I)Nc1ccc(Cl)cc1. The first-order chi connectivity index (χ1) is 20.1. The highest BCUT2D eigenvalue weighted by molar-refractivity contribution is 14.1. The van der Waals surface area contributed by atoms with Crippen LogP contribution in [-0.2, 0) is 11.0 Å². The molecule has 212 valence electrons. The minimum atomic E-state index is -4.57. The first-order valence-electron chi connectivity index (χ1n) is 12.3. The quantitative estimate of drug-likeness (QED) is 0.143. The Balaban J connectivity index is 1.40. The van der Waals surface area contributed by atoms with Gasteiger partial charge >= 0.3 is 6.18 Å². The summed E-state index contributed by atoms with van der Waals surface area (Å²) >= 11 is 7.90. The highest BCUT2D eigenvalue weighted by atomic mass is 127. The van der Waals surface area contributed by atoms with Crippen molar-refractivity contribution in [2.45, 2.75) is 6.18 Å². The third-order valence-electron chi connectivity index (χ3n) is 5.97. The van der Waals surface area contributed by atoms with Crippen molar-refractivity contribution in [2.75, 3.05) is 11.9 Å². The van der Waals surface area contributed by atoms with E-state index in [-0.39, 0.29) is 29.3 Å². The molecule has 1 N–H and O–H groups in total. The predicted octanol–water partition coefficient (Wildman–Crippen LogP) is 7.24. The van der Waals surface area contributed by atoms with Crippen LogP contribution >= 0.6 is 34.2 Å². The molecule has 0 unspecified atom stereocenters. The summed E-state index contributed by atoms with van der Waals surface area (Å²) in [4.78, 5) is 30.1. The molecule has 0 saturated carbocycles. The molecule has 0 saturated heterocycles. The minimum absolute atomic E-state index is 0.0394. The second kappa shape index (κ2) is 12.3. The van der Waals surface area contributed by atoms with Gasteiger partial charge in [-0.2, -0.15) is 22.9 Å². The number of carbonyl (C=O) groups excluding carboxylic acids is 1. The van der Waals surface area contributed by atoms with Gasteiger partial charge in [-0.25, -0.2) is 4.98 Å². The van der Waals surface area contributed by atoms with Crippen LogP contribution in [0.15, 0.2) is 101 Å². The van der Waals surface area contributed by atoms with Crippen molar-refractivity contribution in [3.05, 3.63) is 121 Å². The molecule has 5 rings (SSSR count). The highest BCUT2D eigenvalue weighted by Crippen LogP contribution is 2.32. The van der Waals surface area contributed by atoms with Gasteiger partial charge < -0.3 is 10.1 Å². The van der Waals surface area contributed by atoms with Crippen molar-refractivity contribution >= 4 is 62.9 Å². The molecule has 42 heavy (non-hydrogen) atoms. The zero-order valence-corrected chi connectivity index (χ0v) is 24.3. The lowest BCUT2D eigenvalue weighted by Gasteiger charge is -2.12. The van der Waals surface area contributed by atoms with Gasteiger partial charge in [0.2, 0.25) is 0 Å². The van der Waals surface area contributed by atoms with Gasteiger partial charge in [-0.15, -0.1) is 0 Å². The fourth-order valence-electron chi connectivity index (χ4n) is 3.96. The smallest absolute Gasteiger partial charge is 0.416 e. The van der Waals surface area contributed by atoms with E-state index in [2.05, 4.69) is 15.4 Å². The monoisotopic (exact) mass is 702 g/mol. The first-order valence-corrected chi connectivity index (χ1v) is 13.8. The van der Waals surface area contributed by atoms with Crippen LogP contribution in [0.5, 0.6) is 5.75 Å². The van der Waals surface area contributed by atoms with Gasteiger partial charge in [0.25, 0.3) is 11.5 Å². The molecule has 7 nitrogen and oxygen atoms in total. The number of ether oxygens (including phenoxy) is 1. The number of carbonyl (C=O) groups is 1. The zero-order valence-electron chi connectivity index (χ0n) is 21.4. The van der Waals surface area contributed by atoms with Crippen molar-refractivity contribution in [3.8, 4) is 17.1 Å². The average Bonchev–Trinajstić information content (AvgIpc) is 2.97. The molecule has 1 aromatic heterocycles. The predicted molar refractivity (Wildman–Crippen MR) is 164 cm³/mol. The number of aromatic nitrogens is 2. The van der Waals surface area contributed by atoms with Crippen molar-refractivity contribution < 1.29 is 22.7 Å². The number of halogens is 5. The van der Waals surface area contributed by atoms with E-state index in [1.165, 1.54) is 18.3 Å². The molecular formula is C30H19ClF3IN4O3. The largest absolute Gasteiger partial charge is 0.483 e. The highest BCUT2D eigenvalue weighted by Gasteiger charge is 2.31. The van der Waals surface area contributed by atoms with Crippen LogP contribution in [0.25, 0.3) is 22.3 Å². The van der Waals surface area contributed by atoms with E-state index in [9.17, 15) is 22.8 Å². The summed E-state index contributed by atoms with van der Waals surface area (Å²) in [5.41, 5.74) is 0.165. The summed E-state index contributed by atoms with van der Waals surface area (Å²) in [5, 5.41) is 7.84. The lowest BCUT2D eigenvalue weighted by molar-refractivity contribution is -0.137. The average molecular weight is 703 g/mol. The van der Waals surface area contributed by atoms with Gasteiger partial charge in [0.15, 0.2) is 12.4 Å². The molecule has 1 amide bonds. The summed E-state index contributed by atoms with van der Waals surface area (Å²) < 4.78 is 47.5. The molecule has 0 aliphatic rings. The van der Waals surface area contributed by atoms with E-state index in [1.807, 2.05) is 22.6 Å². The molecule has 5 aromatic rings. The van der Waals surface area contributed by atoms with E-state index < -0.39 is 17.3 Å². The van der Waals surface area contributed by atoms with Crippen molar-refractivity contribution in [2.24, 2.45) is 5.10 Å². The Morgan fingerprint density at radius 3 is 2.52 bits per heavy atom. The number of fused-ring (bicyclic) bond motifs is 1. The zero-order chi connectivity index (χ0) is 29.9. The van der Waals surface area contributed by atoms with Gasteiger partial charge in [0, 0.05) is 16.3 Å². The molecule has 0 spiro atoms. The van der Waals surface area contributed by atoms with Crippen LogP contribution in [0.3, 0.4) is 0 Å². The van der Waals surface area contributed by atoms with Crippen LogP contribution in [0.1, 0.15) is 11.1 Å². The number of alkyl halides is 3. The summed E-state index contributed by atoms with van der Waals surface area (Å²) in [6.07, 6.45) is -3.17. The number of hydrogen-bond donors (Lipinski definition) is 1. The van der Waals surface area contributed by atoms with Crippen LogP contribution < -0.4 is 15.6 Å². The number of nitrogens with one attached hydrogen (secondary N) is 1. The molecule has 0 aliphatic heterocycles. The number of benzene rings is 4. The summed E-state index contributed by atoms with van der Waals surface area (Å²) in [5.74, 6) is 0.0552. The second-order valence-electron chi connectivity index (χ2n) is 8.93. The number of nitrogens with zero attached hydrogens (tertiary/aromatic N) is 3. The molecule has 0 bridgehead atoms. The van der Waals surface area contributed by atoms with E-state index >= 15 is 0 Å². The Morgan fingerprint density at radius 2 is 1.79 bits per heavy atom. The molecule has 1 heterocycles. The maximum absolute atomic E-state index is 13.4. The van der Waals surface area contributed by atoms with Gasteiger partial charge in [0.05, 0.1) is 26.3 Å². The summed E-state index contributed by atoms with van der Waals surface area (Å²) in [6.45, 7) is -0.232. The molecule has 4 aromatic carbocycles. The Labute approximate surface area is 255 Å². The lowest BCUT2D eigenvalue weighted by Crippen LogP contribution is -2.20. The Hall–Kier alpha value is -4.23. The molecule has 0 fully saturated rings. The maximum atomic E-state index is 13.4. The van der Waals surface area contributed by atoms with Crippen LogP contribution in [0.2, 0.25) is 5.02 Å². The van der Waals surface area contributed by atoms with Gasteiger partial charge in [-0.3, -0.25) is 9.59 Å². The number of hydrogen-bond acceptors (Lipinski definition) is 5. The molecule has 0 radical (unpaired) electrons. The standard InChI is InChI=1S/C30H19ClF3IN4O3/c31-21-9-11-22(12-10-21)37-27(40)17-42-26-13-8-18(14-24(26)35)16-36-39-28(19-4-3-5-20(15-19)30(32,33)34)38-25-7-2-1-6-23(25)29(39)41/h1-16H,17H2,(H,37,40). The van der Waals surface area contributed by atoms with E-state index in [1.54, 1.807) is 66.7 Å². The van der Waals surface area contributed by atoms with E-state index in [0.29, 0.717) is 31.1 Å². The Morgan fingerprint density at radius 1 is 1.02 bits per heavy atom. The Kier molecular flexibility index (Phi) is 8.59. The van der Waals surface area contributed by atoms with Crippen molar-refractivity contribution in [3.63, 3.8) is 0 Å². The van der Waals surface area contributed by atoms with Gasteiger partial charge in [-0.05, 0) is 94.9 Å². The number of rotatable bonds is 7. The molecule has 0 aliphatic carbocycles.